The Labute approximate surface area is 130 Å². The van der Waals surface area contributed by atoms with Crippen LogP contribution in [0.25, 0.3) is 0 Å². The van der Waals surface area contributed by atoms with Crippen LogP contribution in [0.1, 0.15) is 25.9 Å². The first-order valence-electron chi connectivity index (χ1n) is 6.60. The molecule has 3 rings (SSSR count). The van der Waals surface area contributed by atoms with E-state index < -0.39 is 0 Å². The summed E-state index contributed by atoms with van der Waals surface area (Å²) in [6.45, 7) is 3.64. The lowest BCUT2D eigenvalue weighted by Crippen LogP contribution is -2.25. The van der Waals surface area contributed by atoms with Crippen molar-refractivity contribution in [3.05, 3.63) is 30.8 Å². The minimum Gasteiger partial charge on any atom is -0.306 e. The van der Waals surface area contributed by atoms with Gasteiger partial charge in [-0.25, -0.2) is 4.98 Å². The molecule has 2 aromatic heterocycles. The van der Waals surface area contributed by atoms with E-state index in [-0.39, 0.29) is 10.8 Å². The third-order valence-corrected chi connectivity index (χ3v) is 5.77. The number of hydrogen-bond donors (Lipinski definition) is 1. The SMILES string of the molecule is Cc1c(C(=O)Nc2nc3c(s2)CN(C)CC3)sc(=O)n1C. The van der Waals surface area contributed by atoms with Gasteiger partial charge in [0.15, 0.2) is 5.13 Å². The van der Waals surface area contributed by atoms with Crippen molar-refractivity contribution in [2.45, 2.75) is 19.9 Å². The predicted molar refractivity (Wildman–Crippen MR) is 84.4 cm³/mol. The molecule has 1 amide bonds. The molecule has 0 radical (unpaired) electrons. The normalized spacial score (nSPS) is 15.0. The number of nitrogens with one attached hydrogen (secondary N) is 1. The van der Waals surface area contributed by atoms with Crippen molar-refractivity contribution in [2.24, 2.45) is 7.05 Å². The maximum atomic E-state index is 12.3. The van der Waals surface area contributed by atoms with Crippen molar-refractivity contribution in [2.75, 3.05) is 18.9 Å². The highest BCUT2D eigenvalue weighted by Gasteiger charge is 2.21. The van der Waals surface area contributed by atoms with E-state index in [4.69, 9.17) is 0 Å². The van der Waals surface area contributed by atoms with Crippen molar-refractivity contribution >= 4 is 33.7 Å². The van der Waals surface area contributed by atoms with Crippen LogP contribution in [0.2, 0.25) is 0 Å². The number of likely N-dealkylation sites (N-methyl/N-ethyl adjacent to an activating group) is 1. The van der Waals surface area contributed by atoms with E-state index in [0.717, 1.165) is 36.5 Å². The zero-order valence-corrected chi connectivity index (χ0v) is 13.7. The van der Waals surface area contributed by atoms with E-state index in [1.807, 2.05) is 0 Å². The Morgan fingerprint density at radius 1 is 1.33 bits per heavy atom. The molecule has 0 spiro atoms. The lowest BCUT2D eigenvalue weighted by atomic mass is 10.2. The molecule has 8 heteroatoms. The molecule has 1 N–H and O–H groups in total. The zero-order chi connectivity index (χ0) is 15.1. The van der Waals surface area contributed by atoms with Crippen LogP contribution in [0.4, 0.5) is 5.13 Å². The van der Waals surface area contributed by atoms with Crippen molar-refractivity contribution in [3.63, 3.8) is 0 Å². The number of fused-ring (bicyclic) bond motifs is 1. The van der Waals surface area contributed by atoms with E-state index in [0.29, 0.717) is 15.7 Å². The molecule has 21 heavy (non-hydrogen) atoms. The Hall–Kier alpha value is -1.51. The summed E-state index contributed by atoms with van der Waals surface area (Å²) in [5.41, 5.74) is 1.76. The summed E-state index contributed by atoms with van der Waals surface area (Å²) in [5.74, 6) is -0.255. The molecular formula is C13H16N4O2S2. The fraction of sp³-hybridized carbons (Fsp3) is 0.462. The van der Waals surface area contributed by atoms with Gasteiger partial charge < -0.3 is 9.47 Å². The molecule has 2 aromatic rings. The molecule has 0 aromatic carbocycles. The maximum Gasteiger partial charge on any atom is 0.307 e. The largest absolute Gasteiger partial charge is 0.307 e. The van der Waals surface area contributed by atoms with Gasteiger partial charge >= 0.3 is 4.87 Å². The van der Waals surface area contributed by atoms with Gasteiger partial charge in [-0.05, 0) is 14.0 Å². The van der Waals surface area contributed by atoms with E-state index in [1.54, 1.807) is 14.0 Å². The molecule has 112 valence electrons. The summed E-state index contributed by atoms with van der Waals surface area (Å²) in [5, 5.41) is 3.43. The lowest BCUT2D eigenvalue weighted by molar-refractivity contribution is 0.102. The standard InChI is InChI=1S/C13H16N4O2S2/c1-7-10(21-13(19)17(7)3)11(18)15-12-14-8-4-5-16(2)6-9(8)20-12/h4-6H2,1-3H3,(H,14,15,18). The molecule has 0 saturated heterocycles. The van der Waals surface area contributed by atoms with E-state index >= 15 is 0 Å². The van der Waals surface area contributed by atoms with E-state index in [9.17, 15) is 9.59 Å². The Morgan fingerprint density at radius 3 is 2.76 bits per heavy atom. The van der Waals surface area contributed by atoms with Gasteiger partial charge in [-0.3, -0.25) is 14.9 Å². The van der Waals surface area contributed by atoms with Crippen LogP contribution in [0.5, 0.6) is 0 Å². The summed E-state index contributed by atoms with van der Waals surface area (Å²) >= 11 is 2.48. The van der Waals surface area contributed by atoms with Crippen molar-refractivity contribution in [3.8, 4) is 0 Å². The van der Waals surface area contributed by atoms with Gasteiger partial charge in [0, 0.05) is 37.1 Å². The van der Waals surface area contributed by atoms with Crippen LogP contribution in [-0.4, -0.2) is 34.0 Å². The number of amides is 1. The molecule has 3 heterocycles. The zero-order valence-electron chi connectivity index (χ0n) is 12.1. The number of hydrogen-bond acceptors (Lipinski definition) is 6. The third kappa shape index (κ3) is 2.66. The fourth-order valence-corrected chi connectivity index (χ4v) is 4.22. The van der Waals surface area contributed by atoms with Gasteiger partial charge in [-0.1, -0.05) is 11.3 Å². The first kappa shape index (κ1) is 14.4. The number of anilines is 1. The third-order valence-electron chi connectivity index (χ3n) is 3.64. The summed E-state index contributed by atoms with van der Waals surface area (Å²) in [6, 6.07) is 0. The minimum absolute atomic E-state index is 0.127. The summed E-state index contributed by atoms with van der Waals surface area (Å²) in [7, 11) is 3.74. The lowest BCUT2D eigenvalue weighted by Gasteiger charge is -2.20. The van der Waals surface area contributed by atoms with Gasteiger partial charge in [-0.2, -0.15) is 0 Å². The Balaban J connectivity index is 1.82. The van der Waals surface area contributed by atoms with Gasteiger partial charge in [0.25, 0.3) is 5.91 Å². The van der Waals surface area contributed by atoms with E-state index in [1.165, 1.54) is 20.8 Å². The molecule has 0 unspecified atom stereocenters. The highest BCUT2D eigenvalue weighted by atomic mass is 32.1. The summed E-state index contributed by atoms with van der Waals surface area (Å²) < 4.78 is 1.49. The van der Waals surface area contributed by atoms with Crippen LogP contribution < -0.4 is 10.2 Å². The number of thiazole rings is 2. The summed E-state index contributed by atoms with van der Waals surface area (Å²) in [4.78, 5) is 32.1. The monoisotopic (exact) mass is 324 g/mol. The van der Waals surface area contributed by atoms with Crippen LogP contribution in [0.3, 0.4) is 0 Å². The molecule has 0 aliphatic carbocycles. The molecule has 0 fully saturated rings. The van der Waals surface area contributed by atoms with Crippen molar-refractivity contribution in [1.29, 1.82) is 0 Å². The minimum atomic E-state index is -0.255. The highest BCUT2D eigenvalue weighted by molar-refractivity contribution is 7.16. The molecule has 0 atom stereocenters. The molecule has 6 nitrogen and oxygen atoms in total. The number of rotatable bonds is 2. The highest BCUT2D eigenvalue weighted by Crippen LogP contribution is 2.28. The number of nitrogens with zero attached hydrogens (tertiary/aromatic N) is 3. The molecule has 0 bridgehead atoms. The first-order chi connectivity index (χ1) is 9.95. The van der Waals surface area contributed by atoms with Gasteiger partial charge in [-0.15, -0.1) is 11.3 Å². The average Bonchev–Trinajstić information content (AvgIpc) is 2.94. The van der Waals surface area contributed by atoms with Crippen molar-refractivity contribution in [1.82, 2.24) is 14.5 Å². The fourth-order valence-electron chi connectivity index (χ4n) is 2.26. The Morgan fingerprint density at radius 2 is 2.10 bits per heavy atom. The van der Waals surface area contributed by atoms with Gasteiger partial charge in [0.1, 0.15) is 4.88 Å². The van der Waals surface area contributed by atoms with Crippen molar-refractivity contribution < 1.29 is 4.79 Å². The van der Waals surface area contributed by atoms with Gasteiger partial charge in [0.05, 0.1) is 5.69 Å². The summed E-state index contributed by atoms with van der Waals surface area (Å²) in [6.07, 6.45) is 0.913. The maximum absolute atomic E-state index is 12.3. The Kier molecular flexibility index (Phi) is 3.68. The predicted octanol–water partition coefficient (Wildman–Crippen LogP) is 1.45. The molecule has 1 aliphatic rings. The first-order valence-corrected chi connectivity index (χ1v) is 8.24. The number of aromatic nitrogens is 2. The van der Waals surface area contributed by atoms with Gasteiger partial charge in [0.2, 0.25) is 0 Å². The van der Waals surface area contributed by atoms with E-state index in [2.05, 4.69) is 22.2 Å². The van der Waals surface area contributed by atoms with Crippen LogP contribution >= 0.6 is 22.7 Å². The van der Waals surface area contributed by atoms with Crippen LogP contribution in [-0.2, 0) is 20.0 Å². The second kappa shape index (κ2) is 5.36. The topological polar surface area (TPSA) is 67.2 Å². The second-order valence-electron chi connectivity index (χ2n) is 5.17. The quantitative estimate of drug-likeness (QED) is 0.908. The van der Waals surface area contributed by atoms with Crippen LogP contribution in [0.15, 0.2) is 4.79 Å². The van der Waals surface area contributed by atoms with Crippen LogP contribution in [0, 0.1) is 6.92 Å². The number of carbonyl (C=O) groups excluding carboxylic acids is 1. The second-order valence-corrected chi connectivity index (χ2v) is 7.22. The number of carbonyl (C=O) groups is 1. The smallest absolute Gasteiger partial charge is 0.306 e. The molecule has 0 saturated carbocycles. The average molecular weight is 324 g/mol. The molecule has 1 aliphatic heterocycles. The molecular weight excluding hydrogens is 308 g/mol. The Bertz CT molecular complexity index is 759.